The van der Waals surface area contributed by atoms with Crippen molar-refractivity contribution in [1.29, 1.82) is 0 Å². The number of halogens is 1. The van der Waals surface area contributed by atoms with Crippen molar-refractivity contribution in [3.8, 4) is 0 Å². The van der Waals surface area contributed by atoms with E-state index in [9.17, 15) is 0 Å². The summed E-state index contributed by atoms with van der Waals surface area (Å²) < 4.78 is 0. The van der Waals surface area contributed by atoms with Gasteiger partial charge in [0.1, 0.15) is 0 Å². The van der Waals surface area contributed by atoms with Gasteiger partial charge in [0, 0.05) is 0 Å². The first-order chi connectivity index (χ1) is 13.2. The fraction of sp³-hybridized carbons (Fsp3) is 0.200. The molecule has 0 amide bonds. The minimum atomic E-state index is -3.01. The van der Waals surface area contributed by atoms with Gasteiger partial charge in [-0.25, -0.2) is 0 Å². The van der Waals surface area contributed by atoms with Crippen LogP contribution in [0.1, 0.15) is 27.7 Å². The first-order valence-corrected chi connectivity index (χ1v) is 13.9. The molecule has 0 aromatic heterocycles. The third-order valence-electron chi connectivity index (χ3n) is 4.79. The van der Waals surface area contributed by atoms with E-state index in [1.807, 2.05) is 0 Å². The van der Waals surface area contributed by atoms with Gasteiger partial charge in [0.2, 0.25) is 0 Å². The summed E-state index contributed by atoms with van der Waals surface area (Å²) >= 11 is 4.44. The van der Waals surface area contributed by atoms with Crippen LogP contribution < -0.4 is 21.2 Å². The Morgan fingerprint density at radius 2 is 1.04 bits per heavy atom. The SMILES string of the molecule is CC(=CP(Br)(c1ccccc1)(c1ccccc1)c1ccccc1)NC(C)(C)C. The second-order valence-electron chi connectivity index (χ2n) is 8.27. The van der Waals surface area contributed by atoms with Crippen LogP contribution in [0.3, 0.4) is 0 Å². The van der Waals surface area contributed by atoms with E-state index in [0.717, 1.165) is 0 Å². The van der Waals surface area contributed by atoms with Crippen molar-refractivity contribution in [2.45, 2.75) is 33.2 Å². The fourth-order valence-electron chi connectivity index (χ4n) is 3.82. The monoisotopic (exact) mass is 453 g/mol. The molecule has 0 aliphatic heterocycles. The third-order valence-corrected chi connectivity index (χ3v) is 13.9. The molecule has 0 aliphatic rings. The van der Waals surface area contributed by atoms with Crippen LogP contribution in [0.4, 0.5) is 0 Å². The molecule has 3 aromatic carbocycles. The molecule has 146 valence electrons. The zero-order valence-electron chi connectivity index (χ0n) is 17.1. The van der Waals surface area contributed by atoms with E-state index in [1.165, 1.54) is 21.6 Å². The zero-order valence-corrected chi connectivity index (χ0v) is 19.5. The summed E-state index contributed by atoms with van der Waals surface area (Å²) in [5.74, 6) is 2.44. The van der Waals surface area contributed by atoms with Crippen LogP contribution >= 0.6 is 20.8 Å². The molecular weight excluding hydrogens is 425 g/mol. The number of hydrogen-bond donors (Lipinski definition) is 1. The van der Waals surface area contributed by atoms with Crippen LogP contribution in [-0.2, 0) is 0 Å². The van der Waals surface area contributed by atoms with Crippen molar-refractivity contribution < 1.29 is 0 Å². The Bertz CT molecular complexity index is 845. The molecule has 0 heterocycles. The Balaban J connectivity index is 2.42. The third kappa shape index (κ3) is 3.95. The quantitative estimate of drug-likeness (QED) is 0.461. The Morgan fingerprint density at radius 1 is 0.714 bits per heavy atom. The summed E-state index contributed by atoms with van der Waals surface area (Å²) in [4.78, 5) is 0. The second-order valence-corrected chi connectivity index (χ2v) is 16.6. The van der Waals surface area contributed by atoms with Crippen LogP contribution in [0.2, 0.25) is 0 Å². The van der Waals surface area contributed by atoms with Crippen LogP contribution in [0.25, 0.3) is 0 Å². The topological polar surface area (TPSA) is 12.0 Å². The molecule has 28 heavy (non-hydrogen) atoms. The first kappa shape index (κ1) is 20.8. The van der Waals surface area contributed by atoms with Gasteiger partial charge in [0.05, 0.1) is 0 Å². The predicted molar refractivity (Wildman–Crippen MR) is 131 cm³/mol. The fourth-order valence-corrected chi connectivity index (χ4v) is 11.3. The molecule has 3 aromatic rings. The summed E-state index contributed by atoms with van der Waals surface area (Å²) in [6, 6.07) is 32.5. The van der Waals surface area contributed by atoms with Crippen molar-refractivity contribution in [3.63, 3.8) is 0 Å². The normalized spacial score (nSPS) is 14.2. The van der Waals surface area contributed by atoms with E-state index in [1.54, 1.807) is 0 Å². The molecule has 0 atom stereocenters. The Labute approximate surface area is 177 Å². The summed E-state index contributed by atoms with van der Waals surface area (Å²) in [6.45, 7) is 8.76. The van der Waals surface area contributed by atoms with Crippen LogP contribution in [0.5, 0.6) is 0 Å². The minimum absolute atomic E-state index is 0.00714. The van der Waals surface area contributed by atoms with Crippen molar-refractivity contribution in [2.75, 3.05) is 0 Å². The first-order valence-electron chi connectivity index (χ1n) is 9.62. The van der Waals surface area contributed by atoms with Gasteiger partial charge < -0.3 is 0 Å². The van der Waals surface area contributed by atoms with Gasteiger partial charge in [-0.15, -0.1) is 0 Å². The molecule has 0 saturated carbocycles. The van der Waals surface area contributed by atoms with Gasteiger partial charge in [0.15, 0.2) is 0 Å². The maximum absolute atomic E-state index is 4.44. The molecule has 0 spiro atoms. The summed E-state index contributed by atoms with van der Waals surface area (Å²) in [5.41, 5.74) is 1.16. The standard InChI is InChI=1S/C25H29BrNP/c1-21(27-25(2,3)4)20-28(26,22-14-8-5-9-15-22,23-16-10-6-11-17-23)24-18-12-7-13-19-24/h5-20,27H,1-4H3. The molecule has 0 unspecified atom stereocenters. The van der Waals surface area contributed by atoms with Gasteiger partial charge >= 0.3 is 178 Å². The van der Waals surface area contributed by atoms with Crippen molar-refractivity contribution >= 4 is 36.7 Å². The number of hydrogen-bond acceptors (Lipinski definition) is 1. The van der Waals surface area contributed by atoms with E-state index in [-0.39, 0.29) is 5.54 Å². The Hall–Kier alpha value is -1.89. The van der Waals surface area contributed by atoms with E-state index < -0.39 is 5.31 Å². The van der Waals surface area contributed by atoms with Crippen molar-refractivity contribution in [3.05, 3.63) is 103 Å². The molecule has 0 bridgehead atoms. The van der Waals surface area contributed by atoms with Crippen LogP contribution in [0.15, 0.2) is 103 Å². The van der Waals surface area contributed by atoms with Crippen LogP contribution in [0, 0.1) is 0 Å². The molecule has 0 saturated heterocycles. The summed E-state index contributed by atoms with van der Waals surface area (Å²) in [6.07, 6.45) is 0. The summed E-state index contributed by atoms with van der Waals surface area (Å²) in [7, 11) is 0. The Morgan fingerprint density at radius 3 is 1.32 bits per heavy atom. The Kier molecular flexibility index (Phi) is 5.84. The van der Waals surface area contributed by atoms with Gasteiger partial charge in [-0.2, -0.15) is 0 Å². The van der Waals surface area contributed by atoms with Gasteiger partial charge in [-0.3, -0.25) is 0 Å². The van der Waals surface area contributed by atoms with Gasteiger partial charge in [0.25, 0.3) is 0 Å². The molecule has 3 heteroatoms. The number of benzene rings is 3. The number of allylic oxidation sites excluding steroid dienone is 1. The van der Waals surface area contributed by atoms with Crippen LogP contribution in [-0.4, -0.2) is 5.54 Å². The molecule has 0 fully saturated rings. The number of nitrogens with one attached hydrogen (secondary N) is 1. The van der Waals surface area contributed by atoms with E-state index in [0.29, 0.717) is 0 Å². The van der Waals surface area contributed by atoms with E-state index >= 15 is 0 Å². The predicted octanol–water partition coefficient (Wildman–Crippen LogP) is 6.08. The maximum atomic E-state index is 4.44. The van der Waals surface area contributed by atoms with Gasteiger partial charge in [-0.1, -0.05) is 0 Å². The molecule has 1 N–H and O–H groups in total. The molecule has 3 rings (SSSR count). The van der Waals surface area contributed by atoms with E-state index in [4.69, 9.17) is 0 Å². The molecule has 1 nitrogen and oxygen atoms in total. The van der Waals surface area contributed by atoms with E-state index in [2.05, 4.69) is 145 Å². The average Bonchev–Trinajstić information content (AvgIpc) is 2.68. The number of rotatable bonds is 5. The zero-order chi connectivity index (χ0) is 20.3. The van der Waals surface area contributed by atoms with Crippen molar-refractivity contribution in [2.24, 2.45) is 0 Å². The molecular formula is C25H29BrNP. The van der Waals surface area contributed by atoms with Crippen molar-refractivity contribution in [1.82, 2.24) is 5.32 Å². The second kappa shape index (κ2) is 7.85. The average molecular weight is 454 g/mol. The molecule has 0 aliphatic carbocycles. The molecule has 0 radical (unpaired) electrons. The van der Waals surface area contributed by atoms with Gasteiger partial charge in [-0.05, 0) is 0 Å². The summed E-state index contributed by atoms with van der Waals surface area (Å²) in [5, 5.41) is 4.54.